The lowest BCUT2D eigenvalue weighted by molar-refractivity contribution is -0.120. The van der Waals surface area contributed by atoms with Crippen molar-refractivity contribution in [2.24, 2.45) is 0 Å². The minimum Gasteiger partial charge on any atom is -0.491 e. The van der Waals surface area contributed by atoms with E-state index in [1.807, 2.05) is 25.1 Å². The number of nitrogen functional groups attached to an aromatic ring is 1. The van der Waals surface area contributed by atoms with Crippen LogP contribution < -0.4 is 21.1 Å². The fourth-order valence-corrected chi connectivity index (χ4v) is 1.47. The van der Waals surface area contributed by atoms with Gasteiger partial charge in [0.05, 0.1) is 18.0 Å². The molecule has 1 aromatic rings. The highest BCUT2D eigenvalue weighted by molar-refractivity contribution is 5.77. The molecule has 0 unspecified atom stereocenters. The second kappa shape index (κ2) is 7.42. The Morgan fingerprint density at radius 3 is 2.89 bits per heavy atom. The number of nitrogens with one attached hydrogen (secondary N) is 2. The lowest BCUT2D eigenvalue weighted by Crippen LogP contribution is -2.21. The molecule has 4 N–H and O–H groups in total. The molecule has 0 saturated heterocycles. The molecule has 0 radical (unpaired) electrons. The summed E-state index contributed by atoms with van der Waals surface area (Å²) in [5.41, 5.74) is 7.37. The third-order valence-electron chi connectivity index (χ3n) is 2.47. The molecule has 1 aromatic carbocycles. The zero-order valence-electron chi connectivity index (χ0n) is 11.0. The first-order valence-electron chi connectivity index (χ1n) is 6.14. The normalized spacial score (nSPS) is 9.89. The second-order valence-corrected chi connectivity index (χ2v) is 3.92. The lowest BCUT2D eigenvalue weighted by atomic mass is 10.2. The number of rotatable bonds is 7. The quantitative estimate of drug-likeness (QED) is 0.643. The van der Waals surface area contributed by atoms with E-state index >= 15 is 0 Å². The summed E-state index contributed by atoms with van der Waals surface area (Å²) in [5.74, 6) is 0.682. The zero-order chi connectivity index (χ0) is 13.4. The average Bonchev–Trinajstić information content (AvgIpc) is 2.39. The van der Waals surface area contributed by atoms with Crippen molar-refractivity contribution in [3.63, 3.8) is 0 Å². The number of carbonyl (C=O) groups is 1. The number of carbonyl (C=O) groups excluding carboxylic acids is 1. The monoisotopic (exact) mass is 251 g/mol. The molecular formula is C13H21N3O2. The van der Waals surface area contributed by atoms with E-state index < -0.39 is 0 Å². The van der Waals surface area contributed by atoms with Crippen LogP contribution in [0, 0.1) is 0 Å². The predicted molar refractivity (Wildman–Crippen MR) is 73.8 cm³/mol. The minimum atomic E-state index is -0.000501. The smallest absolute Gasteiger partial charge is 0.221 e. The van der Waals surface area contributed by atoms with Crippen LogP contribution in [-0.4, -0.2) is 26.1 Å². The van der Waals surface area contributed by atoms with Gasteiger partial charge in [0.25, 0.3) is 0 Å². The summed E-state index contributed by atoms with van der Waals surface area (Å²) < 4.78 is 5.53. The molecule has 0 aliphatic carbocycles. The van der Waals surface area contributed by atoms with E-state index in [1.54, 1.807) is 7.05 Å². The largest absolute Gasteiger partial charge is 0.491 e. The van der Waals surface area contributed by atoms with Gasteiger partial charge in [-0.05, 0) is 18.6 Å². The number of ether oxygens (including phenoxy) is 1. The van der Waals surface area contributed by atoms with Gasteiger partial charge in [-0.2, -0.15) is 0 Å². The zero-order valence-corrected chi connectivity index (χ0v) is 11.0. The van der Waals surface area contributed by atoms with Gasteiger partial charge in [0.1, 0.15) is 5.75 Å². The molecular weight excluding hydrogens is 230 g/mol. The molecule has 0 aliphatic heterocycles. The molecule has 100 valence electrons. The number of nitrogens with two attached hydrogens (primary N) is 1. The van der Waals surface area contributed by atoms with Gasteiger partial charge in [-0.3, -0.25) is 4.79 Å². The summed E-state index contributed by atoms with van der Waals surface area (Å²) in [4.78, 5) is 11.1. The van der Waals surface area contributed by atoms with Crippen molar-refractivity contribution >= 4 is 17.3 Å². The van der Waals surface area contributed by atoms with Gasteiger partial charge >= 0.3 is 0 Å². The van der Waals surface area contributed by atoms with Crippen LogP contribution in [0.3, 0.4) is 0 Å². The van der Waals surface area contributed by atoms with Crippen LogP contribution in [0.5, 0.6) is 5.75 Å². The van der Waals surface area contributed by atoms with Crippen molar-refractivity contribution in [3.8, 4) is 5.75 Å². The number of anilines is 2. The standard InChI is InChI=1S/C13H21N3O2/c1-3-9-18-11-6-4-5-10(13(11)14)16-8-7-12(17)15-2/h4-6,16H,3,7-9,14H2,1-2H3,(H,15,17). The molecule has 0 heterocycles. The number of amides is 1. The molecule has 0 aliphatic rings. The predicted octanol–water partition coefficient (Wildman–Crippen LogP) is 1.61. The Labute approximate surface area is 108 Å². The molecule has 0 spiro atoms. The Kier molecular flexibility index (Phi) is 5.84. The maximum atomic E-state index is 11.1. The molecule has 0 atom stereocenters. The summed E-state index contributed by atoms with van der Waals surface area (Å²) in [6.07, 6.45) is 1.35. The fraction of sp³-hybridized carbons (Fsp3) is 0.462. The molecule has 0 fully saturated rings. The van der Waals surface area contributed by atoms with Gasteiger partial charge in [-0.15, -0.1) is 0 Å². The highest BCUT2D eigenvalue weighted by atomic mass is 16.5. The first-order valence-corrected chi connectivity index (χ1v) is 6.14. The summed E-state index contributed by atoms with van der Waals surface area (Å²) in [6, 6.07) is 5.59. The Balaban J connectivity index is 2.57. The number of hydrogen-bond acceptors (Lipinski definition) is 4. The maximum Gasteiger partial charge on any atom is 0.221 e. The van der Waals surface area contributed by atoms with E-state index in [-0.39, 0.29) is 5.91 Å². The molecule has 0 bridgehead atoms. The third kappa shape index (κ3) is 4.16. The van der Waals surface area contributed by atoms with E-state index in [2.05, 4.69) is 10.6 Å². The first-order chi connectivity index (χ1) is 8.69. The molecule has 0 aromatic heterocycles. The second-order valence-electron chi connectivity index (χ2n) is 3.92. The van der Waals surface area contributed by atoms with Crippen molar-refractivity contribution in [3.05, 3.63) is 18.2 Å². The maximum absolute atomic E-state index is 11.1. The third-order valence-corrected chi connectivity index (χ3v) is 2.47. The van der Waals surface area contributed by atoms with Crippen molar-refractivity contribution < 1.29 is 9.53 Å². The molecule has 1 amide bonds. The van der Waals surface area contributed by atoms with Crippen LogP contribution in [0.1, 0.15) is 19.8 Å². The molecule has 0 saturated carbocycles. The fourth-order valence-electron chi connectivity index (χ4n) is 1.47. The Hall–Kier alpha value is -1.91. The average molecular weight is 251 g/mol. The summed E-state index contributed by atoms with van der Waals surface area (Å²) in [5, 5.41) is 5.70. The van der Waals surface area contributed by atoms with E-state index in [0.717, 1.165) is 12.1 Å². The minimum absolute atomic E-state index is 0.000501. The van der Waals surface area contributed by atoms with E-state index in [0.29, 0.717) is 31.0 Å². The molecule has 1 rings (SSSR count). The van der Waals surface area contributed by atoms with Gasteiger partial charge < -0.3 is 21.1 Å². The lowest BCUT2D eigenvalue weighted by Gasteiger charge is -2.13. The first kappa shape index (κ1) is 14.2. The van der Waals surface area contributed by atoms with Crippen LogP contribution in [0.25, 0.3) is 0 Å². The van der Waals surface area contributed by atoms with Gasteiger partial charge in [-0.25, -0.2) is 0 Å². The van der Waals surface area contributed by atoms with Crippen LogP contribution in [0.2, 0.25) is 0 Å². The van der Waals surface area contributed by atoms with E-state index in [9.17, 15) is 4.79 Å². The van der Waals surface area contributed by atoms with Crippen LogP contribution in [-0.2, 0) is 4.79 Å². The molecule has 5 heteroatoms. The van der Waals surface area contributed by atoms with Crippen molar-refractivity contribution in [1.29, 1.82) is 0 Å². The summed E-state index contributed by atoms with van der Waals surface area (Å²) in [7, 11) is 1.62. The Morgan fingerprint density at radius 1 is 1.44 bits per heavy atom. The van der Waals surface area contributed by atoms with Crippen LogP contribution in [0.4, 0.5) is 11.4 Å². The highest BCUT2D eigenvalue weighted by Crippen LogP contribution is 2.29. The van der Waals surface area contributed by atoms with Crippen molar-refractivity contribution in [2.75, 3.05) is 31.2 Å². The van der Waals surface area contributed by atoms with E-state index in [4.69, 9.17) is 10.5 Å². The number of para-hydroxylation sites is 1. The van der Waals surface area contributed by atoms with Gasteiger partial charge in [0.2, 0.25) is 5.91 Å². The number of hydrogen-bond donors (Lipinski definition) is 3. The Morgan fingerprint density at radius 2 is 2.22 bits per heavy atom. The van der Waals surface area contributed by atoms with Crippen LogP contribution in [0.15, 0.2) is 18.2 Å². The Bertz CT molecular complexity index is 394. The SMILES string of the molecule is CCCOc1cccc(NCCC(=O)NC)c1N. The molecule has 5 nitrogen and oxygen atoms in total. The van der Waals surface area contributed by atoms with Crippen LogP contribution >= 0.6 is 0 Å². The highest BCUT2D eigenvalue weighted by Gasteiger charge is 2.06. The van der Waals surface area contributed by atoms with Gasteiger partial charge in [0.15, 0.2) is 0 Å². The summed E-state index contributed by atoms with van der Waals surface area (Å²) >= 11 is 0. The summed E-state index contributed by atoms with van der Waals surface area (Å²) in [6.45, 7) is 3.23. The molecule has 18 heavy (non-hydrogen) atoms. The van der Waals surface area contributed by atoms with Gasteiger partial charge in [0, 0.05) is 20.0 Å². The van der Waals surface area contributed by atoms with Crippen molar-refractivity contribution in [1.82, 2.24) is 5.32 Å². The van der Waals surface area contributed by atoms with E-state index in [1.165, 1.54) is 0 Å². The van der Waals surface area contributed by atoms with Gasteiger partial charge in [-0.1, -0.05) is 13.0 Å². The topological polar surface area (TPSA) is 76.4 Å². The van der Waals surface area contributed by atoms with Crippen molar-refractivity contribution in [2.45, 2.75) is 19.8 Å². The number of benzene rings is 1.